The zero-order valence-corrected chi connectivity index (χ0v) is 12.7. The predicted molar refractivity (Wildman–Crippen MR) is 82.5 cm³/mol. The number of hydrogen-bond donors (Lipinski definition) is 2. The molecule has 0 unspecified atom stereocenters. The molecular weight excluding hydrogens is 288 g/mol. The van der Waals surface area contributed by atoms with Crippen molar-refractivity contribution in [3.63, 3.8) is 0 Å². The SMILES string of the molecule is O=C(NCCN1CCOCC1)c1csc(C#CCCO)c1. The second-order valence-electron chi connectivity index (χ2n) is 4.68. The van der Waals surface area contributed by atoms with Gasteiger partial charge in [0.2, 0.25) is 0 Å². The largest absolute Gasteiger partial charge is 0.395 e. The lowest BCUT2D eigenvalue weighted by molar-refractivity contribution is 0.0383. The zero-order valence-electron chi connectivity index (χ0n) is 11.9. The summed E-state index contributed by atoms with van der Waals surface area (Å²) < 4.78 is 5.28. The van der Waals surface area contributed by atoms with Crippen LogP contribution in [0.5, 0.6) is 0 Å². The second-order valence-corrected chi connectivity index (χ2v) is 5.60. The molecule has 0 aliphatic carbocycles. The van der Waals surface area contributed by atoms with Gasteiger partial charge in [-0.05, 0) is 6.07 Å². The summed E-state index contributed by atoms with van der Waals surface area (Å²) >= 11 is 1.45. The Kier molecular flexibility index (Phi) is 6.70. The van der Waals surface area contributed by atoms with Crippen LogP contribution in [-0.4, -0.2) is 61.9 Å². The molecule has 0 aromatic carbocycles. The van der Waals surface area contributed by atoms with E-state index in [1.165, 1.54) is 11.3 Å². The maximum Gasteiger partial charge on any atom is 0.252 e. The van der Waals surface area contributed by atoms with Crippen LogP contribution >= 0.6 is 11.3 Å². The average molecular weight is 308 g/mol. The Morgan fingerprint density at radius 1 is 1.48 bits per heavy atom. The first-order valence-corrected chi connectivity index (χ1v) is 7.94. The minimum absolute atomic E-state index is 0.0604. The molecule has 0 saturated carbocycles. The highest BCUT2D eigenvalue weighted by Gasteiger charge is 2.11. The molecule has 1 aromatic heterocycles. The van der Waals surface area contributed by atoms with Crippen LogP contribution in [0.3, 0.4) is 0 Å². The second kappa shape index (κ2) is 8.80. The molecule has 2 rings (SSSR count). The number of hydrogen-bond acceptors (Lipinski definition) is 5. The van der Waals surface area contributed by atoms with Crippen molar-refractivity contribution in [3.8, 4) is 11.8 Å². The number of amides is 1. The maximum absolute atomic E-state index is 12.0. The number of morpholine rings is 1. The number of ether oxygens (including phenoxy) is 1. The van der Waals surface area contributed by atoms with Gasteiger partial charge in [0.25, 0.3) is 5.91 Å². The van der Waals surface area contributed by atoms with Crippen LogP contribution in [0, 0.1) is 11.8 Å². The molecule has 1 aliphatic heterocycles. The molecule has 21 heavy (non-hydrogen) atoms. The smallest absolute Gasteiger partial charge is 0.252 e. The summed E-state index contributed by atoms with van der Waals surface area (Å²) in [5.41, 5.74) is 0.648. The number of nitrogens with zero attached hydrogens (tertiary/aromatic N) is 1. The quantitative estimate of drug-likeness (QED) is 0.780. The van der Waals surface area contributed by atoms with Crippen LogP contribution in [0.15, 0.2) is 11.4 Å². The molecule has 5 nitrogen and oxygen atoms in total. The van der Waals surface area contributed by atoms with Crippen molar-refractivity contribution >= 4 is 17.2 Å². The lowest BCUT2D eigenvalue weighted by Gasteiger charge is -2.26. The van der Waals surface area contributed by atoms with Gasteiger partial charge >= 0.3 is 0 Å². The van der Waals surface area contributed by atoms with E-state index in [0.29, 0.717) is 18.5 Å². The standard InChI is InChI=1S/C15H20N2O3S/c18-8-2-1-3-14-11-13(12-21-14)15(19)16-4-5-17-6-9-20-10-7-17/h11-12,18H,2,4-10H2,(H,16,19). The zero-order chi connectivity index (χ0) is 14.9. The third kappa shape index (κ3) is 5.48. The molecule has 1 saturated heterocycles. The average Bonchev–Trinajstić information content (AvgIpc) is 2.97. The third-order valence-electron chi connectivity index (χ3n) is 3.13. The van der Waals surface area contributed by atoms with Gasteiger partial charge in [-0.25, -0.2) is 0 Å². The highest BCUT2D eigenvalue weighted by molar-refractivity contribution is 7.10. The molecule has 0 radical (unpaired) electrons. The van der Waals surface area contributed by atoms with E-state index in [1.807, 2.05) is 5.38 Å². The van der Waals surface area contributed by atoms with E-state index in [2.05, 4.69) is 22.1 Å². The number of aliphatic hydroxyl groups is 1. The molecule has 1 aromatic rings. The van der Waals surface area contributed by atoms with E-state index in [9.17, 15) is 4.79 Å². The van der Waals surface area contributed by atoms with Crippen molar-refractivity contribution in [1.82, 2.24) is 10.2 Å². The van der Waals surface area contributed by atoms with Crippen LogP contribution in [0.1, 0.15) is 21.7 Å². The van der Waals surface area contributed by atoms with E-state index in [1.54, 1.807) is 6.07 Å². The molecule has 1 aliphatic rings. The van der Waals surface area contributed by atoms with Crippen molar-refractivity contribution in [3.05, 3.63) is 21.9 Å². The minimum atomic E-state index is -0.0604. The van der Waals surface area contributed by atoms with Crippen LogP contribution < -0.4 is 5.32 Å². The van der Waals surface area contributed by atoms with Crippen LogP contribution in [-0.2, 0) is 4.74 Å². The van der Waals surface area contributed by atoms with E-state index in [4.69, 9.17) is 9.84 Å². The molecule has 114 valence electrons. The molecule has 2 N–H and O–H groups in total. The molecule has 0 bridgehead atoms. The summed E-state index contributed by atoms with van der Waals surface area (Å²) in [6.45, 7) is 4.95. The van der Waals surface area contributed by atoms with Crippen LogP contribution in [0.4, 0.5) is 0 Å². The molecule has 6 heteroatoms. The Balaban J connectivity index is 1.74. The number of aliphatic hydroxyl groups excluding tert-OH is 1. The Morgan fingerprint density at radius 2 is 2.29 bits per heavy atom. The van der Waals surface area contributed by atoms with Gasteiger partial charge in [0, 0.05) is 38.0 Å². The molecule has 2 heterocycles. The summed E-state index contributed by atoms with van der Waals surface area (Å²) in [6, 6.07) is 1.79. The predicted octanol–water partition coefficient (Wildman–Crippen LogP) is 0.544. The normalized spacial score (nSPS) is 15.3. The summed E-state index contributed by atoms with van der Waals surface area (Å²) in [6.07, 6.45) is 0.457. The minimum Gasteiger partial charge on any atom is -0.395 e. The summed E-state index contributed by atoms with van der Waals surface area (Å²) in [7, 11) is 0. The number of carbonyl (C=O) groups excluding carboxylic acids is 1. The van der Waals surface area contributed by atoms with Gasteiger partial charge in [0.05, 0.1) is 30.3 Å². The van der Waals surface area contributed by atoms with Gasteiger partial charge in [-0.3, -0.25) is 9.69 Å². The molecule has 1 fully saturated rings. The fraction of sp³-hybridized carbons (Fsp3) is 0.533. The Morgan fingerprint density at radius 3 is 3.05 bits per heavy atom. The Bertz CT molecular complexity index is 512. The van der Waals surface area contributed by atoms with E-state index >= 15 is 0 Å². The van der Waals surface area contributed by atoms with Crippen molar-refractivity contribution in [1.29, 1.82) is 0 Å². The highest BCUT2D eigenvalue weighted by Crippen LogP contribution is 2.13. The molecular formula is C15H20N2O3S. The van der Waals surface area contributed by atoms with Gasteiger partial charge < -0.3 is 15.2 Å². The fourth-order valence-corrected chi connectivity index (χ4v) is 2.74. The van der Waals surface area contributed by atoms with Crippen molar-refractivity contribution in [2.24, 2.45) is 0 Å². The van der Waals surface area contributed by atoms with Crippen molar-refractivity contribution in [2.45, 2.75) is 6.42 Å². The van der Waals surface area contributed by atoms with E-state index in [-0.39, 0.29) is 12.5 Å². The number of nitrogens with one attached hydrogen (secondary N) is 1. The monoisotopic (exact) mass is 308 g/mol. The Hall–Kier alpha value is -1.39. The molecule has 1 amide bonds. The molecule has 0 atom stereocenters. The number of rotatable bonds is 5. The number of carbonyl (C=O) groups is 1. The Labute approximate surface area is 128 Å². The maximum atomic E-state index is 12.0. The lowest BCUT2D eigenvalue weighted by Crippen LogP contribution is -2.41. The van der Waals surface area contributed by atoms with E-state index in [0.717, 1.165) is 37.7 Å². The van der Waals surface area contributed by atoms with Crippen molar-refractivity contribution < 1.29 is 14.6 Å². The highest BCUT2D eigenvalue weighted by atomic mass is 32.1. The van der Waals surface area contributed by atoms with Gasteiger partial charge in [-0.1, -0.05) is 11.8 Å². The third-order valence-corrected chi connectivity index (χ3v) is 3.97. The van der Waals surface area contributed by atoms with Gasteiger partial charge in [-0.15, -0.1) is 11.3 Å². The topological polar surface area (TPSA) is 61.8 Å². The first-order valence-electron chi connectivity index (χ1n) is 7.06. The summed E-state index contributed by atoms with van der Waals surface area (Å²) in [4.78, 5) is 15.1. The number of thiophene rings is 1. The van der Waals surface area contributed by atoms with Gasteiger partial charge in [-0.2, -0.15) is 0 Å². The first-order chi connectivity index (χ1) is 10.3. The first kappa shape index (κ1) is 16.0. The summed E-state index contributed by atoms with van der Waals surface area (Å²) in [5.74, 6) is 5.72. The van der Waals surface area contributed by atoms with Crippen molar-refractivity contribution in [2.75, 3.05) is 46.0 Å². The van der Waals surface area contributed by atoms with Gasteiger partial charge in [0.15, 0.2) is 0 Å². The van der Waals surface area contributed by atoms with Crippen LogP contribution in [0.25, 0.3) is 0 Å². The fourth-order valence-electron chi connectivity index (χ4n) is 1.98. The lowest BCUT2D eigenvalue weighted by atomic mass is 10.3. The summed E-state index contributed by atoms with van der Waals surface area (Å²) in [5, 5.41) is 13.4. The van der Waals surface area contributed by atoms with Crippen LogP contribution in [0.2, 0.25) is 0 Å². The van der Waals surface area contributed by atoms with Gasteiger partial charge in [0.1, 0.15) is 0 Å². The van der Waals surface area contributed by atoms with E-state index < -0.39 is 0 Å². The molecule has 0 spiro atoms.